The number of amides is 1. The van der Waals surface area contributed by atoms with Gasteiger partial charge in [0.2, 0.25) is 0 Å². The van der Waals surface area contributed by atoms with Gasteiger partial charge in [-0.25, -0.2) is 0 Å². The van der Waals surface area contributed by atoms with E-state index in [1.807, 2.05) is 0 Å². The van der Waals surface area contributed by atoms with Crippen LogP contribution in [0.2, 0.25) is 0 Å². The average Bonchev–Trinajstić information content (AvgIpc) is 2.59. The molecular weight excluding hydrogens is 338 g/mol. The van der Waals surface area contributed by atoms with Crippen molar-refractivity contribution in [3.05, 3.63) is 41.5 Å². The van der Waals surface area contributed by atoms with Crippen LogP contribution in [-0.2, 0) is 4.79 Å². The van der Waals surface area contributed by atoms with Gasteiger partial charge in [-0.3, -0.25) is 9.59 Å². The predicted octanol–water partition coefficient (Wildman–Crippen LogP) is 1.17. The fourth-order valence-corrected chi connectivity index (χ4v) is 2.61. The van der Waals surface area contributed by atoms with Gasteiger partial charge in [0.15, 0.2) is 5.78 Å². The first-order valence-corrected chi connectivity index (χ1v) is 8.28. The highest BCUT2D eigenvalue weighted by Crippen LogP contribution is 2.29. The third-order valence-electron chi connectivity index (χ3n) is 4.06. The lowest BCUT2D eigenvalue weighted by Gasteiger charge is -2.17. The standard InChI is InChI=1S/C19H23NO6/c1-11-5-3-7-14(21)18(24)15(22)8-4-6-12-9-13(26-2)10-16(23)17(12)19(25)20-11/h3-4,6-7,9-11,15,18,22-24H,5,8H2,1-2H3,(H,20,25)/b6-4+,7-3-/t11?,15-,18+/m0/s1. The maximum atomic E-state index is 12.6. The molecule has 1 heterocycles. The number of methoxy groups -OCH3 is 1. The summed E-state index contributed by atoms with van der Waals surface area (Å²) in [7, 11) is 1.44. The number of aromatic hydroxyl groups is 1. The van der Waals surface area contributed by atoms with Gasteiger partial charge in [-0.05, 0) is 37.5 Å². The van der Waals surface area contributed by atoms with Crippen molar-refractivity contribution >= 4 is 17.8 Å². The third kappa shape index (κ3) is 4.71. The number of carbonyl (C=O) groups is 2. The lowest BCUT2D eigenvalue weighted by Crippen LogP contribution is -2.34. The van der Waals surface area contributed by atoms with Gasteiger partial charge >= 0.3 is 0 Å². The molecule has 0 saturated carbocycles. The molecule has 0 radical (unpaired) electrons. The van der Waals surface area contributed by atoms with Crippen molar-refractivity contribution in [2.24, 2.45) is 0 Å². The zero-order valence-electron chi connectivity index (χ0n) is 14.7. The lowest BCUT2D eigenvalue weighted by atomic mass is 10.0. The first-order chi connectivity index (χ1) is 12.3. The number of hydrogen-bond acceptors (Lipinski definition) is 6. The first kappa shape index (κ1) is 19.7. The van der Waals surface area contributed by atoms with E-state index in [-0.39, 0.29) is 23.8 Å². The summed E-state index contributed by atoms with van der Waals surface area (Å²) >= 11 is 0. The second kappa shape index (κ2) is 8.64. The van der Waals surface area contributed by atoms with Crippen LogP contribution in [0.15, 0.2) is 30.4 Å². The molecule has 4 N–H and O–H groups in total. The van der Waals surface area contributed by atoms with E-state index in [0.29, 0.717) is 17.7 Å². The molecule has 3 atom stereocenters. The largest absolute Gasteiger partial charge is 0.507 e. The molecule has 0 aromatic heterocycles. The van der Waals surface area contributed by atoms with Crippen LogP contribution in [0.25, 0.3) is 6.08 Å². The Morgan fingerprint density at radius 3 is 2.50 bits per heavy atom. The zero-order valence-corrected chi connectivity index (χ0v) is 14.7. The number of rotatable bonds is 1. The number of phenolic OH excluding ortho intramolecular Hbond substituents is 1. The molecule has 0 fully saturated rings. The van der Waals surface area contributed by atoms with Crippen LogP contribution in [-0.4, -0.2) is 52.4 Å². The van der Waals surface area contributed by atoms with Crippen molar-refractivity contribution in [3.8, 4) is 11.5 Å². The average molecular weight is 361 g/mol. The minimum absolute atomic E-state index is 0.00379. The number of aliphatic hydroxyl groups excluding tert-OH is 2. The summed E-state index contributed by atoms with van der Waals surface area (Å²) in [6.07, 6.45) is 3.32. The second-order valence-electron chi connectivity index (χ2n) is 6.18. The Morgan fingerprint density at radius 2 is 1.81 bits per heavy atom. The Bertz CT molecular complexity index is 740. The predicted molar refractivity (Wildman–Crippen MR) is 96.0 cm³/mol. The summed E-state index contributed by atoms with van der Waals surface area (Å²) in [6, 6.07) is 2.61. The monoisotopic (exact) mass is 361 g/mol. The topological polar surface area (TPSA) is 116 Å². The van der Waals surface area contributed by atoms with Crippen LogP contribution in [0, 0.1) is 0 Å². The number of aliphatic hydroxyl groups is 2. The molecule has 0 spiro atoms. The molecule has 1 aliphatic heterocycles. The number of ketones is 1. The highest BCUT2D eigenvalue weighted by molar-refractivity contribution is 6.01. The van der Waals surface area contributed by atoms with E-state index in [1.165, 1.54) is 37.5 Å². The minimum atomic E-state index is -1.53. The Balaban J connectivity index is 2.45. The van der Waals surface area contributed by atoms with Gasteiger partial charge in [-0.1, -0.05) is 18.2 Å². The van der Waals surface area contributed by atoms with Crippen LogP contribution in [0.5, 0.6) is 11.5 Å². The molecular formula is C19H23NO6. The van der Waals surface area contributed by atoms with Gasteiger partial charge in [0.25, 0.3) is 5.91 Å². The molecule has 1 aromatic carbocycles. The lowest BCUT2D eigenvalue weighted by molar-refractivity contribution is -0.127. The summed E-state index contributed by atoms with van der Waals surface area (Å²) in [5, 5.41) is 32.8. The molecule has 1 aliphatic rings. The van der Waals surface area contributed by atoms with Crippen LogP contribution in [0.1, 0.15) is 35.7 Å². The molecule has 1 amide bonds. The molecule has 7 heteroatoms. The maximum absolute atomic E-state index is 12.6. The van der Waals surface area contributed by atoms with Crippen LogP contribution in [0.4, 0.5) is 0 Å². The van der Waals surface area contributed by atoms with Gasteiger partial charge in [0.1, 0.15) is 17.6 Å². The minimum Gasteiger partial charge on any atom is -0.507 e. The van der Waals surface area contributed by atoms with E-state index in [2.05, 4.69) is 5.32 Å². The molecule has 1 unspecified atom stereocenters. The van der Waals surface area contributed by atoms with Crippen molar-refractivity contribution in [2.45, 2.75) is 38.0 Å². The summed E-state index contributed by atoms with van der Waals surface area (Å²) < 4.78 is 5.11. The van der Waals surface area contributed by atoms with Gasteiger partial charge in [-0.15, -0.1) is 0 Å². The summed E-state index contributed by atoms with van der Waals surface area (Å²) in [6.45, 7) is 1.75. The fraction of sp³-hybridized carbons (Fsp3) is 0.368. The highest BCUT2D eigenvalue weighted by atomic mass is 16.5. The normalized spacial score (nSPS) is 27.0. The van der Waals surface area contributed by atoms with Crippen molar-refractivity contribution in [1.82, 2.24) is 5.32 Å². The van der Waals surface area contributed by atoms with Crippen molar-refractivity contribution in [1.29, 1.82) is 0 Å². The van der Waals surface area contributed by atoms with E-state index in [1.54, 1.807) is 13.0 Å². The van der Waals surface area contributed by atoms with E-state index < -0.39 is 23.9 Å². The first-order valence-electron chi connectivity index (χ1n) is 8.28. The van der Waals surface area contributed by atoms with E-state index in [4.69, 9.17) is 4.74 Å². The maximum Gasteiger partial charge on any atom is 0.255 e. The second-order valence-corrected chi connectivity index (χ2v) is 6.18. The van der Waals surface area contributed by atoms with Gasteiger partial charge in [0.05, 0.1) is 18.8 Å². The van der Waals surface area contributed by atoms with Crippen LogP contribution in [0.3, 0.4) is 0 Å². The fourth-order valence-electron chi connectivity index (χ4n) is 2.61. The van der Waals surface area contributed by atoms with Gasteiger partial charge in [0, 0.05) is 12.1 Å². The SMILES string of the molecule is COc1cc(O)c2c(c1)/C=C/C[C@H](O)[C@H](O)C(=O)/C=C\CC(C)NC2=O. The number of hydrogen-bond donors (Lipinski definition) is 4. The zero-order chi connectivity index (χ0) is 19.3. The molecule has 1 aromatic rings. The number of benzene rings is 1. The Hall–Kier alpha value is -2.64. The quantitative estimate of drug-likeness (QED) is 0.597. The van der Waals surface area contributed by atoms with Crippen LogP contribution < -0.4 is 10.1 Å². The molecule has 140 valence electrons. The Morgan fingerprint density at radius 1 is 1.12 bits per heavy atom. The smallest absolute Gasteiger partial charge is 0.255 e. The molecule has 26 heavy (non-hydrogen) atoms. The molecule has 0 aliphatic carbocycles. The van der Waals surface area contributed by atoms with E-state index in [0.717, 1.165) is 0 Å². The number of carbonyl (C=O) groups excluding carboxylic acids is 2. The van der Waals surface area contributed by atoms with Gasteiger partial charge < -0.3 is 25.4 Å². The third-order valence-corrected chi connectivity index (χ3v) is 4.06. The van der Waals surface area contributed by atoms with Crippen molar-refractivity contribution in [2.75, 3.05) is 7.11 Å². The number of nitrogens with one attached hydrogen (secondary N) is 1. The van der Waals surface area contributed by atoms with Crippen LogP contribution >= 0.6 is 0 Å². The number of ether oxygens (including phenoxy) is 1. The van der Waals surface area contributed by atoms with Crippen molar-refractivity contribution < 1.29 is 29.6 Å². The highest BCUT2D eigenvalue weighted by Gasteiger charge is 2.22. The van der Waals surface area contributed by atoms with E-state index in [9.17, 15) is 24.9 Å². The molecule has 0 bridgehead atoms. The summed E-state index contributed by atoms with van der Waals surface area (Å²) in [5.74, 6) is -0.922. The Kier molecular flexibility index (Phi) is 6.54. The van der Waals surface area contributed by atoms with E-state index >= 15 is 0 Å². The molecule has 2 rings (SSSR count). The van der Waals surface area contributed by atoms with Crippen molar-refractivity contribution in [3.63, 3.8) is 0 Å². The molecule has 0 saturated heterocycles. The molecule has 7 nitrogen and oxygen atoms in total. The van der Waals surface area contributed by atoms with Gasteiger partial charge in [-0.2, -0.15) is 0 Å². The number of fused-ring (bicyclic) bond motifs is 1. The summed E-state index contributed by atoms with van der Waals surface area (Å²) in [4.78, 5) is 24.4. The summed E-state index contributed by atoms with van der Waals surface area (Å²) in [5.41, 5.74) is 0.480. The number of phenols is 1. The Labute approximate surface area is 151 Å².